The molecule has 0 aliphatic carbocycles. The maximum absolute atomic E-state index is 11.9. The summed E-state index contributed by atoms with van der Waals surface area (Å²) in [5, 5.41) is 0. The fourth-order valence-corrected chi connectivity index (χ4v) is 1.66. The van der Waals surface area contributed by atoms with Crippen LogP contribution in [0.25, 0.3) is 0 Å². The topological polar surface area (TPSA) is 20.3 Å². The van der Waals surface area contributed by atoms with Crippen LogP contribution < -0.4 is 0 Å². The fraction of sp³-hybridized carbons (Fsp3) is 0.727. The minimum atomic E-state index is 0.227. The Bertz CT molecular complexity index is 238. The number of amides is 1. The first-order valence-electron chi connectivity index (χ1n) is 4.99. The molecule has 1 heterocycles. The molecule has 1 rings (SSSR count). The highest BCUT2D eigenvalue weighted by Crippen LogP contribution is 2.19. The van der Waals surface area contributed by atoms with Crippen molar-refractivity contribution in [3.63, 3.8) is 0 Å². The largest absolute Gasteiger partial charge is 0.336 e. The normalized spacial score (nSPS) is 21.8. The summed E-state index contributed by atoms with van der Waals surface area (Å²) in [5.41, 5.74) is 2.04. The van der Waals surface area contributed by atoms with Crippen LogP contribution in [0.5, 0.6) is 0 Å². The van der Waals surface area contributed by atoms with E-state index in [-0.39, 0.29) is 5.91 Å². The van der Waals surface area contributed by atoms with Crippen molar-refractivity contribution in [3.8, 4) is 0 Å². The Hall–Kier alpha value is -0.790. The van der Waals surface area contributed by atoms with Crippen molar-refractivity contribution in [1.82, 2.24) is 4.90 Å². The van der Waals surface area contributed by atoms with Crippen molar-refractivity contribution >= 4 is 5.91 Å². The van der Waals surface area contributed by atoms with Crippen molar-refractivity contribution < 1.29 is 4.79 Å². The van der Waals surface area contributed by atoms with E-state index in [1.807, 2.05) is 25.7 Å². The molecule has 0 saturated carbocycles. The van der Waals surface area contributed by atoms with Crippen LogP contribution in [0.3, 0.4) is 0 Å². The van der Waals surface area contributed by atoms with Crippen molar-refractivity contribution in [2.45, 2.75) is 46.6 Å². The maximum Gasteiger partial charge on any atom is 0.249 e. The van der Waals surface area contributed by atoms with Gasteiger partial charge >= 0.3 is 0 Å². The van der Waals surface area contributed by atoms with Gasteiger partial charge in [0.2, 0.25) is 5.91 Å². The molecule has 1 saturated heterocycles. The molecule has 13 heavy (non-hydrogen) atoms. The van der Waals surface area contributed by atoms with Gasteiger partial charge in [-0.05, 0) is 40.5 Å². The van der Waals surface area contributed by atoms with Gasteiger partial charge in [0.15, 0.2) is 0 Å². The summed E-state index contributed by atoms with van der Waals surface area (Å²) in [4.78, 5) is 13.9. The van der Waals surface area contributed by atoms with Crippen molar-refractivity contribution in [2.24, 2.45) is 0 Å². The van der Waals surface area contributed by atoms with Gasteiger partial charge in [0.25, 0.3) is 0 Å². The summed E-state index contributed by atoms with van der Waals surface area (Å²) in [7, 11) is 0. The second-order valence-corrected chi connectivity index (χ2v) is 4.11. The van der Waals surface area contributed by atoms with Gasteiger partial charge in [-0.15, -0.1) is 0 Å². The molecule has 1 atom stereocenters. The van der Waals surface area contributed by atoms with Gasteiger partial charge < -0.3 is 4.90 Å². The van der Waals surface area contributed by atoms with Gasteiger partial charge in [-0.25, -0.2) is 0 Å². The van der Waals surface area contributed by atoms with E-state index in [1.165, 1.54) is 0 Å². The zero-order valence-corrected chi connectivity index (χ0v) is 9.05. The standard InChI is InChI=1S/C11H19NO/c1-8(2)10(4)11(13)12-7-5-6-9(12)3/h9H,5-7H2,1-4H3. The summed E-state index contributed by atoms with van der Waals surface area (Å²) >= 11 is 0. The molecule has 0 radical (unpaired) electrons. The maximum atomic E-state index is 11.9. The fourth-order valence-electron chi connectivity index (χ4n) is 1.66. The minimum absolute atomic E-state index is 0.227. The molecular weight excluding hydrogens is 162 g/mol. The lowest BCUT2D eigenvalue weighted by Crippen LogP contribution is -2.34. The molecule has 1 unspecified atom stereocenters. The molecule has 74 valence electrons. The van der Waals surface area contributed by atoms with E-state index >= 15 is 0 Å². The van der Waals surface area contributed by atoms with Crippen LogP contribution in [0.15, 0.2) is 11.1 Å². The summed E-state index contributed by atoms with van der Waals surface area (Å²) in [5.74, 6) is 0.227. The quantitative estimate of drug-likeness (QED) is 0.569. The minimum Gasteiger partial charge on any atom is -0.336 e. The van der Waals surface area contributed by atoms with Crippen LogP contribution >= 0.6 is 0 Å². The Kier molecular flexibility index (Phi) is 3.12. The third kappa shape index (κ3) is 2.11. The highest BCUT2D eigenvalue weighted by molar-refractivity contribution is 5.93. The predicted octanol–water partition coefficient (Wildman–Crippen LogP) is 2.35. The van der Waals surface area contributed by atoms with Crippen molar-refractivity contribution in [3.05, 3.63) is 11.1 Å². The zero-order valence-electron chi connectivity index (χ0n) is 9.05. The highest BCUT2D eigenvalue weighted by Gasteiger charge is 2.25. The van der Waals surface area contributed by atoms with E-state index in [0.717, 1.165) is 30.5 Å². The van der Waals surface area contributed by atoms with Crippen LogP contribution in [0.2, 0.25) is 0 Å². The average Bonchev–Trinajstić information content (AvgIpc) is 2.48. The summed E-state index contributed by atoms with van der Waals surface area (Å²) in [6.07, 6.45) is 2.31. The summed E-state index contributed by atoms with van der Waals surface area (Å²) in [6.45, 7) is 8.97. The molecule has 2 nitrogen and oxygen atoms in total. The monoisotopic (exact) mass is 181 g/mol. The van der Waals surface area contributed by atoms with Gasteiger partial charge in [0, 0.05) is 18.2 Å². The molecule has 0 spiro atoms. The Balaban J connectivity index is 2.73. The Labute approximate surface area is 80.6 Å². The molecule has 1 aliphatic heterocycles. The number of hydrogen-bond acceptors (Lipinski definition) is 1. The van der Waals surface area contributed by atoms with E-state index in [2.05, 4.69) is 6.92 Å². The Morgan fingerprint density at radius 3 is 2.31 bits per heavy atom. The number of allylic oxidation sites excluding steroid dienone is 1. The van der Waals surface area contributed by atoms with E-state index in [0.29, 0.717) is 6.04 Å². The highest BCUT2D eigenvalue weighted by atomic mass is 16.2. The van der Waals surface area contributed by atoms with E-state index in [4.69, 9.17) is 0 Å². The summed E-state index contributed by atoms with van der Waals surface area (Å²) in [6, 6.07) is 0.432. The smallest absolute Gasteiger partial charge is 0.249 e. The first-order chi connectivity index (χ1) is 6.04. The van der Waals surface area contributed by atoms with E-state index in [1.54, 1.807) is 0 Å². The lowest BCUT2D eigenvalue weighted by atomic mass is 10.1. The molecule has 0 aromatic carbocycles. The van der Waals surface area contributed by atoms with Crippen molar-refractivity contribution in [2.75, 3.05) is 6.54 Å². The lowest BCUT2D eigenvalue weighted by molar-refractivity contribution is -0.127. The molecule has 0 bridgehead atoms. The van der Waals surface area contributed by atoms with Crippen LogP contribution in [-0.4, -0.2) is 23.4 Å². The Morgan fingerprint density at radius 2 is 1.92 bits per heavy atom. The molecular formula is C11H19NO. The third-order valence-electron chi connectivity index (χ3n) is 2.88. The average molecular weight is 181 g/mol. The first-order valence-corrected chi connectivity index (χ1v) is 4.99. The number of likely N-dealkylation sites (tertiary alicyclic amines) is 1. The van der Waals surface area contributed by atoms with Gasteiger partial charge in [-0.1, -0.05) is 5.57 Å². The molecule has 1 aliphatic rings. The number of hydrogen-bond donors (Lipinski definition) is 0. The number of rotatable bonds is 1. The molecule has 2 heteroatoms. The van der Waals surface area contributed by atoms with Crippen molar-refractivity contribution in [1.29, 1.82) is 0 Å². The molecule has 0 aromatic heterocycles. The predicted molar refractivity (Wildman–Crippen MR) is 54.5 cm³/mol. The second kappa shape index (κ2) is 3.95. The molecule has 1 amide bonds. The van der Waals surface area contributed by atoms with Gasteiger partial charge in [0.1, 0.15) is 0 Å². The van der Waals surface area contributed by atoms with E-state index in [9.17, 15) is 4.79 Å². The van der Waals surface area contributed by atoms with Crippen LogP contribution in [0.4, 0.5) is 0 Å². The van der Waals surface area contributed by atoms with Gasteiger partial charge in [-0.2, -0.15) is 0 Å². The van der Waals surface area contributed by atoms with Gasteiger partial charge in [-0.3, -0.25) is 4.79 Å². The molecule has 0 N–H and O–H groups in total. The lowest BCUT2D eigenvalue weighted by Gasteiger charge is -2.22. The number of carbonyl (C=O) groups is 1. The molecule has 1 fully saturated rings. The van der Waals surface area contributed by atoms with Gasteiger partial charge in [0.05, 0.1) is 0 Å². The molecule has 0 aromatic rings. The zero-order chi connectivity index (χ0) is 10.0. The summed E-state index contributed by atoms with van der Waals surface area (Å²) < 4.78 is 0. The first kappa shape index (κ1) is 10.3. The van der Waals surface area contributed by atoms with Crippen LogP contribution in [0, 0.1) is 0 Å². The third-order valence-corrected chi connectivity index (χ3v) is 2.88. The Morgan fingerprint density at radius 1 is 1.31 bits per heavy atom. The van der Waals surface area contributed by atoms with E-state index < -0.39 is 0 Å². The second-order valence-electron chi connectivity index (χ2n) is 4.11. The van der Waals surface area contributed by atoms with Crippen LogP contribution in [-0.2, 0) is 4.79 Å². The number of nitrogens with zero attached hydrogens (tertiary/aromatic N) is 1. The van der Waals surface area contributed by atoms with Crippen LogP contribution in [0.1, 0.15) is 40.5 Å². The number of carbonyl (C=O) groups excluding carboxylic acids is 1. The SMILES string of the molecule is CC(C)=C(C)C(=O)N1CCCC1C.